The van der Waals surface area contributed by atoms with Crippen LogP contribution in [0.15, 0.2) is 0 Å². The van der Waals surface area contributed by atoms with Crippen molar-refractivity contribution in [3.8, 4) is 0 Å². The molecule has 3 heteroatoms. The maximum Gasteiger partial charge on any atom is 0.0859 e. The molecular weight excluding hydrogens is 140 g/mol. The van der Waals surface area contributed by atoms with Gasteiger partial charge in [0.05, 0.1) is 12.3 Å². The van der Waals surface area contributed by atoms with Gasteiger partial charge in [0.2, 0.25) is 0 Å². The summed E-state index contributed by atoms with van der Waals surface area (Å²) in [5, 5.41) is 12.6. The van der Waals surface area contributed by atoms with Gasteiger partial charge in [-0.1, -0.05) is 0 Å². The van der Waals surface area contributed by atoms with Gasteiger partial charge >= 0.3 is 0 Å². The fraction of sp³-hybridized carbons (Fsp3) is 1.00. The maximum atomic E-state index is 9.33. The van der Waals surface area contributed by atoms with Gasteiger partial charge in [-0.2, -0.15) is 0 Å². The highest BCUT2D eigenvalue weighted by atomic mass is 16.3. The summed E-state index contributed by atoms with van der Waals surface area (Å²) in [5.74, 6) is 0. The maximum absolute atomic E-state index is 9.33. The topological polar surface area (TPSA) is 35.5 Å². The fourth-order valence-electron chi connectivity index (χ4n) is 1.06. The summed E-state index contributed by atoms with van der Waals surface area (Å²) in [6.45, 7) is 5.93. The minimum absolute atomic E-state index is 0.0509. The molecule has 0 rings (SSSR count). The van der Waals surface area contributed by atoms with E-state index in [1.165, 1.54) is 0 Å². The number of aliphatic hydroxyl groups is 1. The lowest BCUT2D eigenvalue weighted by atomic mass is 10.2. The molecule has 0 aliphatic carbocycles. The van der Waals surface area contributed by atoms with Gasteiger partial charge in [-0.25, -0.2) is 0 Å². The number of likely N-dealkylation sites (N-methyl/N-ethyl adjacent to an activating group) is 1. The smallest absolute Gasteiger partial charge is 0.0859 e. The summed E-state index contributed by atoms with van der Waals surface area (Å²) in [6.07, 6.45) is -0.289. The number of hydrogen-bond acceptors (Lipinski definition) is 3. The van der Waals surface area contributed by atoms with Gasteiger partial charge in [0.15, 0.2) is 0 Å². The predicted octanol–water partition coefficient (Wildman–Crippen LogP) is 0.253. The average Bonchev–Trinajstić information content (AvgIpc) is 1.81. The quantitative estimate of drug-likeness (QED) is 0.579. The summed E-state index contributed by atoms with van der Waals surface area (Å²) in [4.78, 5) is 1.98. The van der Waals surface area contributed by atoms with Crippen molar-refractivity contribution >= 4 is 0 Å². The van der Waals surface area contributed by atoms with Crippen molar-refractivity contribution in [2.45, 2.75) is 39.1 Å². The van der Waals surface area contributed by atoms with E-state index in [-0.39, 0.29) is 12.3 Å². The molecule has 1 unspecified atom stereocenters. The summed E-state index contributed by atoms with van der Waals surface area (Å²) < 4.78 is 0. The molecule has 11 heavy (non-hydrogen) atoms. The third-order valence-corrected chi connectivity index (χ3v) is 1.52. The van der Waals surface area contributed by atoms with Crippen LogP contribution in [0.3, 0.4) is 0 Å². The van der Waals surface area contributed by atoms with Crippen molar-refractivity contribution in [1.82, 2.24) is 10.2 Å². The van der Waals surface area contributed by atoms with Crippen molar-refractivity contribution in [1.29, 1.82) is 0 Å². The monoisotopic (exact) mass is 160 g/mol. The van der Waals surface area contributed by atoms with Crippen LogP contribution in [0, 0.1) is 0 Å². The molecule has 0 aliphatic heterocycles. The molecule has 0 aliphatic rings. The minimum atomic E-state index is -0.340. The van der Waals surface area contributed by atoms with Gasteiger partial charge in [-0.05, 0) is 34.9 Å². The molecule has 0 aromatic carbocycles. The Morgan fingerprint density at radius 3 is 1.73 bits per heavy atom. The van der Waals surface area contributed by atoms with Crippen molar-refractivity contribution in [3.63, 3.8) is 0 Å². The molecule has 0 spiro atoms. The van der Waals surface area contributed by atoms with Crippen LogP contribution >= 0.6 is 0 Å². The molecule has 0 saturated carbocycles. The first-order valence-electron chi connectivity index (χ1n) is 4.05. The van der Waals surface area contributed by atoms with Crippen LogP contribution in [-0.4, -0.2) is 42.4 Å². The zero-order valence-corrected chi connectivity index (χ0v) is 8.13. The van der Waals surface area contributed by atoms with Gasteiger partial charge in [0, 0.05) is 6.04 Å². The van der Waals surface area contributed by atoms with E-state index in [2.05, 4.69) is 19.2 Å². The summed E-state index contributed by atoms with van der Waals surface area (Å²) in [5.41, 5.74) is 0. The minimum Gasteiger partial charge on any atom is -0.390 e. The molecule has 0 saturated heterocycles. The molecule has 68 valence electrons. The van der Waals surface area contributed by atoms with Gasteiger partial charge < -0.3 is 5.11 Å². The van der Waals surface area contributed by atoms with Crippen LogP contribution in [0.25, 0.3) is 0 Å². The van der Waals surface area contributed by atoms with Crippen LogP contribution < -0.4 is 5.32 Å². The molecule has 0 aromatic heterocycles. The lowest BCUT2D eigenvalue weighted by Gasteiger charge is -2.29. The predicted molar refractivity (Wildman–Crippen MR) is 47.4 cm³/mol. The molecule has 2 N–H and O–H groups in total. The SMILES string of the molecule is CC(C)NC([C@@H](C)O)N(C)C. The molecule has 0 fully saturated rings. The van der Waals surface area contributed by atoms with Crippen LogP contribution in [0.1, 0.15) is 20.8 Å². The van der Waals surface area contributed by atoms with Crippen LogP contribution in [0.5, 0.6) is 0 Å². The zero-order valence-electron chi connectivity index (χ0n) is 8.13. The zero-order chi connectivity index (χ0) is 9.02. The number of rotatable bonds is 4. The summed E-state index contributed by atoms with van der Waals surface area (Å²) in [6, 6.07) is 0.400. The first-order chi connectivity index (χ1) is 4.95. The Balaban J connectivity index is 3.90. The van der Waals surface area contributed by atoms with Crippen molar-refractivity contribution < 1.29 is 5.11 Å². The van der Waals surface area contributed by atoms with Crippen molar-refractivity contribution in [2.24, 2.45) is 0 Å². The van der Waals surface area contributed by atoms with Gasteiger partial charge in [0.25, 0.3) is 0 Å². The molecule has 0 radical (unpaired) electrons. The second-order valence-electron chi connectivity index (χ2n) is 3.47. The highest BCUT2D eigenvalue weighted by Crippen LogP contribution is 1.97. The van der Waals surface area contributed by atoms with E-state index in [1.54, 1.807) is 6.92 Å². The highest BCUT2D eigenvalue weighted by molar-refractivity contribution is 4.71. The Bertz CT molecular complexity index is 94.3. The molecule has 0 bridgehead atoms. The molecule has 0 heterocycles. The van der Waals surface area contributed by atoms with Gasteiger partial charge in [0.1, 0.15) is 0 Å². The Labute approximate surface area is 69.4 Å². The highest BCUT2D eigenvalue weighted by Gasteiger charge is 2.16. The first kappa shape index (κ1) is 10.9. The van der Waals surface area contributed by atoms with Crippen LogP contribution in [-0.2, 0) is 0 Å². The Kier molecular flexibility index (Phi) is 4.65. The van der Waals surface area contributed by atoms with E-state index in [0.717, 1.165) is 0 Å². The number of hydrogen-bond donors (Lipinski definition) is 2. The molecule has 0 amide bonds. The van der Waals surface area contributed by atoms with E-state index in [1.807, 2.05) is 19.0 Å². The fourth-order valence-corrected chi connectivity index (χ4v) is 1.06. The second kappa shape index (κ2) is 4.70. The number of nitrogens with one attached hydrogen (secondary N) is 1. The lowest BCUT2D eigenvalue weighted by Crippen LogP contribution is -2.51. The molecule has 3 nitrogen and oxygen atoms in total. The van der Waals surface area contributed by atoms with Gasteiger partial charge in [-0.3, -0.25) is 10.2 Å². The number of aliphatic hydroxyl groups excluding tert-OH is 1. The Morgan fingerprint density at radius 2 is 1.64 bits per heavy atom. The third kappa shape index (κ3) is 4.35. The lowest BCUT2D eigenvalue weighted by molar-refractivity contribution is 0.0644. The van der Waals surface area contributed by atoms with E-state index >= 15 is 0 Å². The largest absolute Gasteiger partial charge is 0.390 e. The Morgan fingerprint density at radius 1 is 1.18 bits per heavy atom. The van der Waals surface area contributed by atoms with E-state index < -0.39 is 0 Å². The molecule has 2 atom stereocenters. The van der Waals surface area contributed by atoms with E-state index in [9.17, 15) is 5.11 Å². The van der Waals surface area contributed by atoms with Crippen molar-refractivity contribution in [3.05, 3.63) is 0 Å². The normalized spacial score (nSPS) is 17.5. The van der Waals surface area contributed by atoms with E-state index in [4.69, 9.17) is 0 Å². The average molecular weight is 160 g/mol. The van der Waals surface area contributed by atoms with E-state index in [0.29, 0.717) is 6.04 Å². The summed E-state index contributed by atoms with van der Waals surface area (Å²) in [7, 11) is 3.90. The van der Waals surface area contributed by atoms with Crippen molar-refractivity contribution in [2.75, 3.05) is 14.1 Å². The van der Waals surface area contributed by atoms with Gasteiger partial charge in [-0.15, -0.1) is 0 Å². The first-order valence-corrected chi connectivity index (χ1v) is 4.05. The second-order valence-corrected chi connectivity index (χ2v) is 3.47. The summed E-state index contributed by atoms with van der Waals surface area (Å²) >= 11 is 0. The van der Waals surface area contributed by atoms with Crippen LogP contribution in [0.2, 0.25) is 0 Å². The van der Waals surface area contributed by atoms with Crippen LogP contribution in [0.4, 0.5) is 0 Å². The third-order valence-electron chi connectivity index (χ3n) is 1.52. The Hall–Kier alpha value is -0.120. The molecule has 0 aromatic rings. The molecular formula is C8H20N2O. The number of nitrogens with zero attached hydrogens (tertiary/aromatic N) is 1. The standard InChI is InChI=1S/C8H20N2O/c1-6(2)9-8(7(3)11)10(4)5/h6-9,11H,1-5H3/t7-,8?/m1/s1.